The molecule has 0 spiro atoms. The zero-order valence-corrected chi connectivity index (χ0v) is 17.4. The molecule has 0 saturated carbocycles. The maximum atomic E-state index is 13.2. The third-order valence-electron chi connectivity index (χ3n) is 5.19. The Hall–Kier alpha value is -2.93. The fourth-order valence-electron chi connectivity index (χ4n) is 3.71. The number of hydrogen-bond acceptors (Lipinski definition) is 4. The third kappa shape index (κ3) is 4.10. The number of rotatable bonds is 8. The Morgan fingerprint density at radius 2 is 1.93 bits per heavy atom. The van der Waals surface area contributed by atoms with E-state index >= 15 is 0 Å². The van der Waals surface area contributed by atoms with Gasteiger partial charge in [-0.1, -0.05) is 18.2 Å². The zero-order chi connectivity index (χ0) is 21.0. The monoisotopic (exact) mass is 396 g/mol. The molecule has 29 heavy (non-hydrogen) atoms. The first-order chi connectivity index (χ1) is 14.0. The van der Waals surface area contributed by atoms with Gasteiger partial charge in [-0.2, -0.15) is 9.78 Å². The van der Waals surface area contributed by atoms with Gasteiger partial charge in [0.2, 0.25) is 5.91 Å². The van der Waals surface area contributed by atoms with Crippen LogP contribution in [0, 0.1) is 13.8 Å². The highest BCUT2D eigenvalue weighted by molar-refractivity contribution is 5.89. The quantitative estimate of drug-likeness (QED) is 0.594. The Morgan fingerprint density at radius 3 is 2.62 bits per heavy atom. The van der Waals surface area contributed by atoms with Gasteiger partial charge in [-0.05, 0) is 46.2 Å². The van der Waals surface area contributed by atoms with Crippen LogP contribution in [0.2, 0.25) is 0 Å². The van der Waals surface area contributed by atoms with Gasteiger partial charge in [-0.15, -0.1) is 0 Å². The SMILES string of the molecule is CCOCCCNC(=O)[C@@H](C)n1c(C)c2cnn(-c3ccccc3)c(=O)c2c1C. The van der Waals surface area contributed by atoms with Crippen molar-refractivity contribution in [3.05, 3.63) is 58.3 Å². The van der Waals surface area contributed by atoms with Crippen LogP contribution in [-0.4, -0.2) is 40.0 Å². The van der Waals surface area contributed by atoms with Crippen LogP contribution in [0.15, 0.2) is 41.3 Å². The molecule has 0 aliphatic heterocycles. The Labute approximate surface area is 170 Å². The Kier molecular flexibility index (Phi) is 6.49. The first kappa shape index (κ1) is 20.8. The van der Waals surface area contributed by atoms with E-state index in [1.54, 1.807) is 6.20 Å². The van der Waals surface area contributed by atoms with Crippen LogP contribution in [0.4, 0.5) is 0 Å². The van der Waals surface area contributed by atoms with Crippen LogP contribution >= 0.6 is 0 Å². The molecule has 1 aromatic carbocycles. The summed E-state index contributed by atoms with van der Waals surface area (Å²) in [6.07, 6.45) is 2.47. The number of aromatic nitrogens is 3. The first-order valence-electron chi connectivity index (χ1n) is 9.97. The summed E-state index contributed by atoms with van der Waals surface area (Å²) in [5.74, 6) is -0.0793. The van der Waals surface area contributed by atoms with Crippen molar-refractivity contribution in [2.45, 2.75) is 40.2 Å². The maximum Gasteiger partial charge on any atom is 0.281 e. The van der Waals surface area contributed by atoms with Crippen LogP contribution in [0.25, 0.3) is 16.5 Å². The molecule has 0 radical (unpaired) electrons. The number of aryl methyl sites for hydroxylation is 2. The minimum absolute atomic E-state index is 0.0793. The van der Waals surface area contributed by atoms with Crippen molar-refractivity contribution in [3.63, 3.8) is 0 Å². The van der Waals surface area contributed by atoms with Crippen LogP contribution in [-0.2, 0) is 9.53 Å². The van der Waals surface area contributed by atoms with Gasteiger partial charge in [0.05, 0.1) is 17.3 Å². The molecule has 0 aliphatic carbocycles. The molecule has 0 aliphatic rings. The van der Waals surface area contributed by atoms with Gasteiger partial charge < -0.3 is 14.6 Å². The maximum absolute atomic E-state index is 13.2. The molecule has 7 heteroatoms. The fourth-order valence-corrected chi connectivity index (χ4v) is 3.71. The highest BCUT2D eigenvalue weighted by Crippen LogP contribution is 2.26. The second-order valence-corrected chi connectivity index (χ2v) is 7.04. The molecule has 0 fully saturated rings. The molecule has 154 valence electrons. The van der Waals surface area contributed by atoms with Crippen molar-refractivity contribution in [2.75, 3.05) is 19.8 Å². The number of benzene rings is 1. The van der Waals surface area contributed by atoms with Crippen LogP contribution in [0.5, 0.6) is 0 Å². The third-order valence-corrected chi connectivity index (χ3v) is 5.19. The summed E-state index contributed by atoms with van der Waals surface area (Å²) in [7, 11) is 0. The van der Waals surface area contributed by atoms with E-state index in [9.17, 15) is 9.59 Å². The Morgan fingerprint density at radius 1 is 1.21 bits per heavy atom. The molecule has 7 nitrogen and oxygen atoms in total. The highest BCUT2D eigenvalue weighted by Gasteiger charge is 2.23. The number of hydrogen-bond donors (Lipinski definition) is 1. The summed E-state index contributed by atoms with van der Waals surface area (Å²) in [6, 6.07) is 8.89. The van der Waals surface area contributed by atoms with Crippen molar-refractivity contribution >= 4 is 16.7 Å². The van der Waals surface area contributed by atoms with E-state index in [-0.39, 0.29) is 11.5 Å². The molecule has 0 saturated heterocycles. The van der Waals surface area contributed by atoms with Crippen LogP contribution < -0.4 is 10.9 Å². The van der Waals surface area contributed by atoms with E-state index < -0.39 is 6.04 Å². The largest absolute Gasteiger partial charge is 0.382 e. The second kappa shape index (κ2) is 9.05. The van der Waals surface area contributed by atoms with Gasteiger partial charge in [0, 0.05) is 36.5 Å². The minimum atomic E-state index is -0.431. The number of carbonyl (C=O) groups is 1. The van der Waals surface area contributed by atoms with Gasteiger partial charge in [0.1, 0.15) is 6.04 Å². The van der Waals surface area contributed by atoms with E-state index in [4.69, 9.17) is 4.74 Å². The van der Waals surface area contributed by atoms with Gasteiger partial charge in [-0.25, -0.2) is 0 Å². The fraction of sp³-hybridized carbons (Fsp3) is 0.409. The van der Waals surface area contributed by atoms with Crippen molar-refractivity contribution in [2.24, 2.45) is 0 Å². The number of para-hydroxylation sites is 1. The molecule has 1 amide bonds. The average Bonchev–Trinajstić information content (AvgIpc) is 2.98. The lowest BCUT2D eigenvalue weighted by Gasteiger charge is -2.18. The van der Waals surface area contributed by atoms with Gasteiger partial charge in [0.15, 0.2) is 0 Å². The molecule has 0 unspecified atom stereocenters. The summed E-state index contributed by atoms with van der Waals surface area (Å²) in [6.45, 7) is 9.45. The molecule has 3 aromatic rings. The van der Waals surface area contributed by atoms with Crippen LogP contribution in [0.3, 0.4) is 0 Å². The summed E-state index contributed by atoms with van der Waals surface area (Å²) in [4.78, 5) is 25.8. The Balaban J connectivity index is 1.92. The predicted octanol–water partition coefficient (Wildman–Crippen LogP) is 2.91. The van der Waals surface area contributed by atoms with Crippen molar-refractivity contribution in [3.8, 4) is 5.69 Å². The van der Waals surface area contributed by atoms with Crippen LogP contribution in [0.1, 0.15) is 37.7 Å². The van der Waals surface area contributed by atoms with E-state index in [1.807, 2.05) is 62.6 Å². The van der Waals surface area contributed by atoms with Crippen molar-refractivity contribution in [1.82, 2.24) is 19.7 Å². The molecule has 2 heterocycles. The van der Waals surface area contributed by atoms with Gasteiger partial charge >= 0.3 is 0 Å². The number of amides is 1. The van der Waals surface area contributed by atoms with E-state index in [1.165, 1.54) is 4.68 Å². The minimum Gasteiger partial charge on any atom is -0.382 e. The molecular weight excluding hydrogens is 368 g/mol. The molecule has 1 N–H and O–H groups in total. The molecule has 1 atom stereocenters. The van der Waals surface area contributed by atoms with Gasteiger partial charge in [0.25, 0.3) is 5.56 Å². The molecule has 3 rings (SSSR count). The van der Waals surface area contributed by atoms with E-state index in [2.05, 4.69) is 10.4 Å². The lowest BCUT2D eigenvalue weighted by atomic mass is 10.2. The lowest BCUT2D eigenvalue weighted by molar-refractivity contribution is -0.123. The predicted molar refractivity (Wildman–Crippen MR) is 114 cm³/mol. The normalized spacial score (nSPS) is 12.3. The van der Waals surface area contributed by atoms with E-state index in [0.717, 1.165) is 23.2 Å². The zero-order valence-electron chi connectivity index (χ0n) is 17.4. The number of nitrogens with zero attached hydrogens (tertiary/aromatic N) is 3. The molecular formula is C22H28N4O3. The summed E-state index contributed by atoms with van der Waals surface area (Å²) < 4.78 is 8.62. The first-order valence-corrected chi connectivity index (χ1v) is 9.97. The highest BCUT2D eigenvalue weighted by atomic mass is 16.5. The summed E-state index contributed by atoms with van der Waals surface area (Å²) in [5, 5.41) is 8.67. The number of fused-ring (bicyclic) bond motifs is 1. The standard InChI is InChI=1S/C22H28N4O3/c1-5-29-13-9-12-23-21(27)17(4)25-15(2)19-14-24-26(18-10-7-6-8-11-18)22(28)20(19)16(25)3/h6-8,10-11,14,17H,5,9,12-13H2,1-4H3,(H,23,27)/t17-/m1/s1. The molecule has 0 bridgehead atoms. The summed E-state index contributed by atoms with van der Waals surface area (Å²) >= 11 is 0. The average molecular weight is 396 g/mol. The van der Waals surface area contributed by atoms with E-state index in [0.29, 0.717) is 30.8 Å². The number of carbonyl (C=O) groups excluding carboxylic acids is 1. The Bertz CT molecular complexity index is 1050. The lowest BCUT2D eigenvalue weighted by Crippen LogP contribution is -2.33. The second-order valence-electron chi connectivity index (χ2n) is 7.04. The summed E-state index contributed by atoms with van der Waals surface area (Å²) in [5.41, 5.74) is 2.16. The van der Waals surface area contributed by atoms with Gasteiger partial charge in [-0.3, -0.25) is 9.59 Å². The number of ether oxygens (including phenoxy) is 1. The topological polar surface area (TPSA) is 78.2 Å². The smallest absolute Gasteiger partial charge is 0.281 e. The van der Waals surface area contributed by atoms with Crippen molar-refractivity contribution in [1.29, 1.82) is 0 Å². The van der Waals surface area contributed by atoms with Crippen molar-refractivity contribution < 1.29 is 9.53 Å². The molecule has 2 aromatic heterocycles. The number of nitrogens with one attached hydrogen (secondary N) is 1.